The first kappa shape index (κ1) is 45.5. The van der Waals surface area contributed by atoms with E-state index in [9.17, 15) is 19.0 Å². The largest absolute Gasteiger partial charge is 0.472 e. The molecule has 2 unspecified atom stereocenters. The number of unbranched alkanes of at least 4 members (excludes halogenated alkanes) is 20. The summed E-state index contributed by atoms with van der Waals surface area (Å²) in [6, 6.07) is 0. The molecule has 9 heteroatoms. The van der Waals surface area contributed by atoms with Crippen molar-refractivity contribution in [2.45, 2.75) is 187 Å². The molecule has 47 heavy (non-hydrogen) atoms. The first-order valence-electron chi connectivity index (χ1n) is 19.0. The number of carbonyl (C=O) groups excluding carboxylic acids is 2. The lowest BCUT2D eigenvalue weighted by atomic mass is 10.1. The van der Waals surface area contributed by atoms with E-state index in [0.29, 0.717) is 12.8 Å². The smallest absolute Gasteiger partial charge is 0.462 e. The zero-order valence-corrected chi connectivity index (χ0v) is 31.3. The lowest BCUT2D eigenvalue weighted by molar-refractivity contribution is -0.161. The van der Waals surface area contributed by atoms with Crippen LogP contribution in [0.25, 0.3) is 0 Å². The van der Waals surface area contributed by atoms with Crippen LogP contribution in [-0.2, 0) is 32.7 Å². The van der Waals surface area contributed by atoms with Gasteiger partial charge in [0.2, 0.25) is 0 Å². The Balaban J connectivity index is 4.05. The Bertz CT molecular complexity index is 829. The highest BCUT2D eigenvalue weighted by molar-refractivity contribution is 7.47. The molecule has 0 spiro atoms. The molecule has 0 fully saturated rings. The second kappa shape index (κ2) is 34.4. The van der Waals surface area contributed by atoms with Gasteiger partial charge in [-0.15, -0.1) is 0 Å². The molecule has 0 saturated heterocycles. The third-order valence-corrected chi connectivity index (χ3v) is 9.14. The van der Waals surface area contributed by atoms with Crippen molar-refractivity contribution in [2.75, 3.05) is 20.3 Å². The predicted octanol–water partition coefficient (Wildman–Crippen LogP) is 11.5. The van der Waals surface area contributed by atoms with E-state index in [-0.39, 0.29) is 19.0 Å². The van der Waals surface area contributed by atoms with E-state index in [2.05, 4.69) is 42.7 Å². The summed E-state index contributed by atoms with van der Waals surface area (Å²) in [6.07, 6.45) is 36.5. The summed E-state index contributed by atoms with van der Waals surface area (Å²) >= 11 is 0. The normalized spacial score (nSPS) is 13.7. The molecule has 0 amide bonds. The molecule has 0 aromatic rings. The molecule has 0 aromatic heterocycles. The number of esters is 2. The van der Waals surface area contributed by atoms with Crippen LogP contribution < -0.4 is 0 Å². The van der Waals surface area contributed by atoms with Gasteiger partial charge in [0, 0.05) is 20.0 Å². The summed E-state index contributed by atoms with van der Waals surface area (Å²) in [5.41, 5.74) is 0. The molecule has 0 aliphatic carbocycles. The van der Waals surface area contributed by atoms with E-state index >= 15 is 0 Å². The molecule has 0 rings (SSSR count). The van der Waals surface area contributed by atoms with Gasteiger partial charge in [-0.1, -0.05) is 147 Å². The molecule has 1 N–H and O–H groups in total. The van der Waals surface area contributed by atoms with Crippen LogP contribution in [0.15, 0.2) is 24.3 Å². The van der Waals surface area contributed by atoms with Gasteiger partial charge in [-0.3, -0.25) is 18.6 Å². The highest BCUT2D eigenvalue weighted by Gasteiger charge is 2.24. The highest BCUT2D eigenvalue weighted by Crippen LogP contribution is 2.42. The summed E-state index contributed by atoms with van der Waals surface area (Å²) in [6.45, 7) is 3.84. The molecule has 0 bridgehead atoms. The monoisotopic (exact) mass is 686 g/mol. The zero-order valence-electron chi connectivity index (χ0n) is 30.4. The fourth-order valence-electron chi connectivity index (χ4n) is 5.22. The van der Waals surface area contributed by atoms with Crippen molar-refractivity contribution in [2.24, 2.45) is 0 Å². The third kappa shape index (κ3) is 34.2. The van der Waals surface area contributed by atoms with Crippen molar-refractivity contribution in [3.05, 3.63) is 24.3 Å². The van der Waals surface area contributed by atoms with Gasteiger partial charge in [-0.25, -0.2) is 4.57 Å². The molecule has 276 valence electrons. The number of ether oxygens (including phenoxy) is 2. The third-order valence-electron chi connectivity index (χ3n) is 8.20. The van der Waals surface area contributed by atoms with Crippen LogP contribution >= 0.6 is 7.82 Å². The molecule has 0 aromatic carbocycles. The van der Waals surface area contributed by atoms with Crippen molar-refractivity contribution in [3.8, 4) is 0 Å². The predicted molar refractivity (Wildman–Crippen MR) is 193 cm³/mol. The van der Waals surface area contributed by atoms with E-state index < -0.39 is 26.5 Å². The van der Waals surface area contributed by atoms with Gasteiger partial charge >= 0.3 is 19.8 Å². The van der Waals surface area contributed by atoms with Crippen LogP contribution in [0.2, 0.25) is 0 Å². The van der Waals surface area contributed by atoms with Crippen molar-refractivity contribution >= 4 is 19.8 Å². The minimum atomic E-state index is -4.25. The Labute approximate surface area is 288 Å². The topological polar surface area (TPSA) is 108 Å². The Morgan fingerprint density at radius 1 is 0.596 bits per heavy atom. The van der Waals surface area contributed by atoms with Crippen LogP contribution in [0.1, 0.15) is 181 Å². The van der Waals surface area contributed by atoms with E-state index in [1.165, 1.54) is 96.3 Å². The first-order chi connectivity index (χ1) is 22.8. The zero-order chi connectivity index (χ0) is 34.7. The van der Waals surface area contributed by atoms with Crippen LogP contribution in [0.4, 0.5) is 0 Å². The van der Waals surface area contributed by atoms with Gasteiger partial charge in [0.15, 0.2) is 6.10 Å². The van der Waals surface area contributed by atoms with Gasteiger partial charge in [-0.2, -0.15) is 0 Å². The first-order valence-corrected chi connectivity index (χ1v) is 20.5. The van der Waals surface area contributed by atoms with Gasteiger partial charge in [0.25, 0.3) is 0 Å². The lowest BCUT2D eigenvalue weighted by Crippen LogP contribution is -2.29. The second-order valence-corrected chi connectivity index (χ2v) is 14.3. The second-order valence-electron chi connectivity index (χ2n) is 12.7. The number of allylic oxidation sites excluding steroid dienone is 4. The van der Waals surface area contributed by atoms with Crippen LogP contribution in [0, 0.1) is 0 Å². The summed E-state index contributed by atoms with van der Waals surface area (Å²) in [5.74, 6) is -0.810. The van der Waals surface area contributed by atoms with Crippen LogP contribution in [-0.4, -0.2) is 43.3 Å². The number of phosphoric acid groups is 1. The fraction of sp³-hybridized carbons (Fsp3) is 0.842. The molecule has 8 nitrogen and oxygen atoms in total. The highest BCUT2D eigenvalue weighted by atomic mass is 31.2. The average Bonchev–Trinajstić information content (AvgIpc) is 3.06. The van der Waals surface area contributed by atoms with Gasteiger partial charge in [0.1, 0.15) is 6.61 Å². The molecule has 0 aliphatic rings. The van der Waals surface area contributed by atoms with Crippen molar-refractivity contribution in [3.63, 3.8) is 0 Å². The quantitative estimate of drug-likeness (QED) is 0.0304. The number of rotatable bonds is 35. The van der Waals surface area contributed by atoms with Crippen molar-refractivity contribution in [1.82, 2.24) is 0 Å². The minimum Gasteiger partial charge on any atom is -0.462 e. The van der Waals surface area contributed by atoms with Crippen molar-refractivity contribution in [1.29, 1.82) is 0 Å². The molecule has 2 atom stereocenters. The number of hydrogen-bond donors (Lipinski definition) is 1. The number of hydrogen-bond acceptors (Lipinski definition) is 7. The Morgan fingerprint density at radius 2 is 1.02 bits per heavy atom. The Kier molecular flexibility index (Phi) is 33.3. The van der Waals surface area contributed by atoms with E-state index in [1.54, 1.807) is 0 Å². The molecule has 0 saturated carbocycles. The van der Waals surface area contributed by atoms with Crippen molar-refractivity contribution < 1.29 is 37.6 Å². The summed E-state index contributed by atoms with van der Waals surface area (Å²) < 4.78 is 31.8. The molecule has 0 radical (unpaired) electrons. The average molecular weight is 687 g/mol. The lowest BCUT2D eigenvalue weighted by Gasteiger charge is -2.19. The molecule has 0 heterocycles. The standard InChI is InChI=1S/C38H71O8P/c1-4-6-8-10-12-14-16-17-18-19-20-21-23-25-27-29-31-33-38(40)46-36(35-45-47(41,42)43-3)34-44-37(39)32-30-28-26-24-22-15-13-11-9-7-5-2/h12,14,17-18,36H,4-11,13,15-16,19-35H2,1-3H3,(H,41,42)/b14-12-,18-17-. The maximum atomic E-state index is 12.4. The fourth-order valence-corrected chi connectivity index (χ4v) is 5.68. The Morgan fingerprint density at radius 3 is 1.53 bits per heavy atom. The van der Waals surface area contributed by atoms with Gasteiger partial charge < -0.3 is 14.4 Å². The van der Waals surface area contributed by atoms with Crippen LogP contribution in [0.3, 0.4) is 0 Å². The maximum absolute atomic E-state index is 12.4. The van der Waals surface area contributed by atoms with E-state index in [4.69, 9.17) is 14.0 Å². The molecule has 0 aliphatic heterocycles. The maximum Gasteiger partial charge on any atom is 0.472 e. The Hall–Kier alpha value is -1.47. The summed E-state index contributed by atoms with van der Waals surface area (Å²) in [4.78, 5) is 34.3. The van der Waals surface area contributed by atoms with E-state index in [0.717, 1.165) is 58.5 Å². The molecular weight excluding hydrogens is 615 g/mol. The van der Waals surface area contributed by atoms with Gasteiger partial charge in [-0.05, 0) is 44.9 Å². The number of phosphoric ester groups is 1. The summed E-state index contributed by atoms with van der Waals surface area (Å²) in [7, 11) is -3.20. The molecular formula is C38H71O8P. The SMILES string of the molecule is CCCCC/C=C\C/C=C\CCCCCCCCCC(=O)OC(COC(=O)CCCCCCCCCCCCC)COP(=O)(O)OC. The number of carbonyl (C=O) groups is 2. The van der Waals surface area contributed by atoms with E-state index in [1.807, 2.05) is 0 Å². The van der Waals surface area contributed by atoms with Gasteiger partial charge in [0.05, 0.1) is 6.61 Å². The van der Waals surface area contributed by atoms with Crippen LogP contribution in [0.5, 0.6) is 0 Å². The summed E-state index contributed by atoms with van der Waals surface area (Å²) in [5, 5.41) is 0. The minimum absolute atomic E-state index is 0.225.